The van der Waals surface area contributed by atoms with Crippen LogP contribution >= 0.6 is 11.8 Å². The average molecular weight is 280 g/mol. The summed E-state index contributed by atoms with van der Waals surface area (Å²) in [5.74, 6) is -0.0281. The van der Waals surface area contributed by atoms with Crippen molar-refractivity contribution < 1.29 is 9.90 Å². The van der Waals surface area contributed by atoms with E-state index in [1.54, 1.807) is 11.8 Å². The molecule has 0 atom stereocenters. The third kappa shape index (κ3) is 3.49. The summed E-state index contributed by atoms with van der Waals surface area (Å²) < 4.78 is 0. The molecule has 1 saturated heterocycles. The van der Waals surface area contributed by atoms with Crippen LogP contribution < -0.4 is 5.32 Å². The lowest BCUT2D eigenvalue weighted by Crippen LogP contribution is -2.62. The Morgan fingerprint density at radius 2 is 2.16 bits per heavy atom. The number of rotatable bonds is 5. The number of benzene rings is 1. The summed E-state index contributed by atoms with van der Waals surface area (Å²) in [6, 6.07) is 7.76. The maximum Gasteiger partial charge on any atom is 0.238 e. The fraction of sp³-hybridized carbons (Fsp3) is 0.500. The Balaban J connectivity index is 1.85. The van der Waals surface area contributed by atoms with Gasteiger partial charge in [-0.1, -0.05) is 19.1 Å². The van der Waals surface area contributed by atoms with Crippen molar-refractivity contribution in [2.24, 2.45) is 0 Å². The van der Waals surface area contributed by atoms with Gasteiger partial charge in [0, 0.05) is 18.0 Å². The van der Waals surface area contributed by atoms with Crippen LogP contribution in [0.3, 0.4) is 0 Å². The average Bonchev–Trinajstić information content (AvgIpc) is 2.37. The molecule has 104 valence electrons. The molecule has 0 spiro atoms. The molecule has 0 unspecified atom stereocenters. The second-order valence-electron chi connectivity index (χ2n) is 4.97. The minimum absolute atomic E-state index is 0.0281. The van der Waals surface area contributed by atoms with Crippen LogP contribution in [0.25, 0.3) is 0 Å². The number of carbonyl (C=O) groups is 1. The summed E-state index contributed by atoms with van der Waals surface area (Å²) in [6.07, 6.45) is 2.72. The van der Waals surface area contributed by atoms with E-state index in [0.717, 1.165) is 17.0 Å². The molecule has 1 aliphatic rings. The van der Waals surface area contributed by atoms with Gasteiger partial charge in [0.15, 0.2) is 0 Å². The van der Waals surface area contributed by atoms with Gasteiger partial charge in [-0.15, -0.1) is 11.8 Å². The number of likely N-dealkylation sites (tertiary alicyclic amines) is 1. The fourth-order valence-electron chi connectivity index (χ4n) is 2.26. The Morgan fingerprint density at radius 3 is 2.79 bits per heavy atom. The van der Waals surface area contributed by atoms with E-state index in [1.807, 2.05) is 42.3 Å². The van der Waals surface area contributed by atoms with Crippen LogP contribution in [0.5, 0.6) is 0 Å². The van der Waals surface area contributed by atoms with E-state index in [9.17, 15) is 9.90 Å². The van der Waals surface area contributed by atoms with E-state index < -0.39 is 5.60 Å². The Labute approximate surface area is 118 Å². The Morgan fingerprint density at radius 1 is 1.47 bits per heavy atom. The first-order chi connectivity index (χ1) is 9.06. The second kappa shape index (κ2) is 5.94. The van der Waals surface area contributed by atoms with Crippen molar-refractivity contribution in [2.75, 3.05) is 31.2 Å². The molecule has 0 aromatic heterocycles. The zero-order valence-corrected chi connectivity index (χ0v) is 12.2. The largest absolute Gasteiger partial charge is 0.387 e. The molecule has 0 bridgehead atoms. The van der Waals surface area contributed by atoms with Crippen LogP contribution in [0.2, 0.25) is 0 Å². The highest BCUT2D eigenvalue weighted by Gasteiger charge is 2.39. The molecule has 5 heteroatoms. The Hall–Kier alpha value is -1.04. The van der Waals surface area contributed by atoms with E-state index >= 15 is 0 Å². The maximum atomic E-state index is 11.9. The molecule has 1 amide bonds. The summed E-state index contributed by atoms with van der Waals surface area (Å²) >= 11 is 1.61. The van der Waals surface area contributed by atoms with Gasteiger partial charge >= 0.3 is 0 Å². The standard InChI is InChI=1S/C14H20N2O2S/c1-3-14(18)9-16(10-14)8-13(17)15-11-6-4-5-7-12(11)19-2/h4-7,18H,3,8-10H2,1-2H3,(H,15,17). The van der Waals surface area contributed by atoms with Gasteiger partial charge in [-0.05, 0) is 24.8 Å². The van der Waals surface area contributed by atoms with Crippen LogP contribution in [-0.4, -0.2) is 47.4 Å². The van der Waals surface area contributed by atoms with Crippen molar-refractivity contribution in [1.82, 2.24) is 4.90 Å². The van der Waals surface area contributed by atoms with Gasteiger partial charge in [0.2, 0.25) is 5.91 Å². The lowest BCUT2D eigenvalue weighted by Gasteiger charge is -2.45. The monoisotopic (exact) mass is 280 g/mol. The second-order valence-corrected chi connectivity index (χ2v) is 5.82. The van der Waals surface area contributed by atoms with Gasteiger partial charge in [0.05, 0.1) is 17.8 Å². The molecule has 19 heavy (non-hydrogen) atoms. The van der Waals surface area contributed by atoms with Crippen LogP contribution in [0.15, 0.2) is 29.2 Å². The SMILES string of the molecule is CCC1(O)CN(CC(=O)Nc2ccccc2SC)C1. The van der Waals surface area contributed by atoms with Crippen molar-refractivity contribution >= 4 is 23.4 Å². The number of anilines is 1. The maximum absolute atomic E-state index is 11.9. The number of nitrogens with one attached hydrogen (secondary N) is 1. The molecule has 2 N–H and O–H groups in total. The van der Waals surface area contributed by atoms with E-state index in [-0.39, 0.29) is 5.91 Å². The van der Waals surface area contributed by atoms with Crippen molar-refractivity contribution in [3.05, 3.63) is 24.3 Å². The van der Waals surface area contributed by atoms with Gasteiger partial charge in [-0.25, -0.2) is 0 Å². The summed E-state index contributed by atoms with van der Waals surface area (Å²) in [5, 5.41) is 12.8. The molecular formula is C14H20N2O2S. The Bertz CT molecular complexity index is 459. The predicted molar refractivity (Wildman–Crippen MR) is 78.5 cm³/mol. The highest BCUT2D eigenvalue weighted by molar-refractivity contribution is 7.98. The van der Waals surface area contributed by atoms with Gasteiger partial charge in [0.1, 0.15) is 0 Å². The van der Waals surface area contributed by atoms with Crippen molar-refractivity contribution in [3.8, 4) is 0 Å². The van der Waals surface area contributed by atoms with Gasteiger partial charge in [0.25, 0.3) is 0 Å². The molecular weight excluding hydrogens is 260 g/mol. The zero-order valence-electron chi connectivity index (χ0n) is 11.3. The summed E-state index contributed by atoms with van der Waals surface area (Å²) in [6.45, 7) is 3.47. The summed E-state index contributed by atoms with van der Waals surface area (Å²) in [5.41, 5.74) is 0.267. The number of hydrogen-bond acceptors (Lipinski definition) is 4. The number of thioether (sulfide) groups is 1. The lowest BCUT2D eigenvalue weighted by atomic mass is 9.91. The van der Waals surface area contributed by atoms with Gasteiger partial charge in [-0.2, -0.15) is 0 Å². The predicted octanol–water partition coefficient (Wildman–Crippen LogP) is 1.80. The van der Waals surface area contributed by atoms with Crippen LogP contribution in [0.4, 0.5) is 5.69 Å². The summed E-state index contributed by atoms with van der Waals surface area (Å²) in [7, 11) is 0. The highest BCUT2D eigenvalue weighted by Crippen LogP contribution is 2.26. The van der Waals surface area contributed by atoms with Crippen LogP contribution in [-0.2, 0) is 4.79 Å². The third-order valence-corrected chi connectivity index (χ3v) is 4.24. The molecule has 0 radical (unpaired) electrons. The van der Waals surface area contributed by atoms with E-state index in [4.69, 9.17) is 0 Å². The molecule has 1 fully saturated rings. The van der Waals surface area contributed by atoms with Gasteiger partial charge in [-0.3, -0.25) is 9.69 Å². The van der Waals surface area contributed by atoms with E-state index in [2.05, 4.69) is 5.32 Å². The van der Waals surface area contributed by atoms with E-state index in [1.165, 1.54) is 0 Å². The smallest absolute Gasteiger partial charge is 0.238 e. The zero-order chi connectivity index (χ0) is 13.9. The molecule has 1 aromatic rings. The number of nitrogens with zero attached hydrogens (tertiary/aromatic N) is 1. The van der Waals surface area contributed by atoms with Crippen molar-refractivity contribution in [3.63, 3.8) is 0 Å². The minimum atomic E-state index is -0.586. The molecule has 1 aliphatic heterocycles. The minimum Gasteiger partial charge on any atom is -0.387 e. The van der Waals surface area contributed by atoms with Crippen LogP contribution in [0.1, 0.15) is 13.3 Å². The number of para-hydroxylation sites is 1. The fourth-order valence-corrected chi connectivity index (χ4v) is 2.82. The first kappa shape index (κ1) is 14.4. The topological polar surface area (TPSA) is 52.6 Å². The molecule has 0 saturated carbocycles. The Kier molecular flexibility index (Phi) is 4.50. The normalized spacial score (nSPS) is 17.8. The molecule has 4 nitrogen and oxygen atoms in total. The molecule has 0 aliphatic carbocycles. The van der Waals surface area contributed by atoms with Crippen LogP contribution in [0, 0.1) is 0 Å². The number of carbonyl (C=O) groups excluding carboxylic acids is 1. The first-order valence-corrected chi connectivity index (χ1v) is 7.66. The number of hydrogen-bond donors (Lipinski definition) is 2. The number of β-amino-alcohol motifs (C(OH)–C–C–N with tert-alkyl or cyclic N) is 1. The number of aliphatic hydroxyl groups is 1. The quantitative estimate of drug-likeness (QED) is 0.808. The van der Waals surface area contributed by atoms with Crippen molar-refractivity contribution in [2.45, 2.75) is 23.8 Å². The highest BCUT2D eigenvalue weighted by atomic mass is 32.2. The first-order valence-electron chi connectivity index (χ1n) is 6.44. The molecule has 1 aromatic carbocycles. The van der Waals surface area contributed by atoms with Crippen molar-refractivity contribution in [1.29, 1.82) is 0 Å². The lowest BCUT2D eigenvalue weighted by molar-refractivity contribution is -0.128. The van der Waals surface area contributed by atoms with E-state index in [0.29, 0.717) is 19.6 Å². The number of amides is 1. The molecule has 2 rings (SSSR count). The summed E-state index contributed by atoms with van der Waals surface area (Å²) in [4.78, 5) is 15.0. The molecule has 1 heterocycles. The third-order valence-electron chi connectivity index (χ3n) is 3.44. The van der Waals surface area contributed by atoms with Gasteiger partial charge < -0.3 is 10.4 Å².